The summed E-state index contributed by atoms with van der Waals surface area (Å²) in [5.41, 5.74) is 1.14. The Morgan fingerprint density at radius 1 is 1.14 bits per heavy atom. The van der Waals surface area contributed by atoms with E-state index in [2.05, 4.69) is 10.6 Å². The van der Waals surface area contributed by atoms with Crippen molar-refractivity contribution in [3.05, 3.63) is 29.8 Å². The molecule has 1 aromatic carbocycles. The minimum atomic E-state index is -0.271. The SMILES string of the molecule is CC1CN(C(=O)c2ccc(NC(=O)[C@@]34CCCC[C@H]3CNC4)cc2)CC(C)O1. The molecule has 4 atom stereocenters. The van der Waals surface area contributed by atoms with Gasteiger partial charge in [-0.15, -0.1) is 0 Å². The number of fused-ring (bicyclic) bond motifs is 1. The number of ether oxygens (including phenoxy) is 1. The lowest BCUT2D eigenvalue weighted by atomic mass is 9.67. The van der Waals surface area contributed by atoms with Crippen LogP contribution in [0.4, 0.5) is 5.69 Å². The molecule has 0 radical (unpaired) electrons. The summed E-state index contributed by atoms with van der Waals surface area (Å²) in [5, 5.41) is 6.53. The van der Waals surface area contributed by atoms with Gasteiger partial charge in [-0.3, -0.25) is 9.59 Å². The summed E-state index contributed by atoms with van der Waals surface area (Å²) in [5.74, 6) is 0.579. The van der Waals surface area contributed by atoms with Gasteiger partial charge in [-0.2, -0.15) is 0 Å². The smallest absolute Gasteiger partial charge is 0.254 e. The molecule has 0 bridgehead atoms. The van der Waals surface area contributed by atoms with Crippen molar-refractivity contribution in [3.8, 4) is 0 Å². The Morgan fingerprint density at radius 3 is 2.57 bits per heavy atom. The van der Waals surface area contributed by atoms with Crippen molar-refractivity contribution < 1.29 is 14.3 Å². The zero-order chi connectivity index (χ0) is 19.7. The van der Waals surface area contributed by atoms with Crippen LogP contribution in [0.1, 0.15) is 49.9 Å². The van der Waals surface area contributed by atoms with E-state index in [1.165, 1.54) is 6.42 Å². The predicted molar refractivity (Wildman–Crippen MR) is 108 cm³/mol. The first-order valence-corrected chi connectivity index (χ1v) is 10.5. The number of carbonyl (C=O) groups excluding carboxylic acids is 2. The first kappa shape index (κ1) is 19.4. The fourth-order valence-electron chi connectivity index (χ4n) is 5.17. The molecule has 28 heavy (non-hydrogen) atoms. The third kappa shape index (κ3) is 3.67. The molecule has 2 amide bonds. The third-order valence-corrected chi connectivity index (χ3v) is 6.59. The number of nitrogens with zero attached hydrogens (tertiary/aromatic N) is 1. The molecule has 3 aliphatic rings. The van der Waals surface area contributed by atoms with Crippen molar-refractivity contribution in [3.63, 3.8) is 0 Å². The summed E-state index contributed by atoms with van der Waals surface area (Å²) in [4.78, 5) is 27.7. The maximum absolute atomic E-state index is 13.1. The summed E-state index contributed by atoms with van der Waals surface area (Å²) >= 11 is 0. The van der Waals surface area contributed by atoms with Gasteiger partial charge >= 0.3 is 0 Å². The number of benzene rings is 1. The quantitative estimate of drug-likeness (QED) is 0.839. The van der Waals surface area contributed by atoms with Gasteiger partial charge in [0.15, 0.2) is 0 Å². The summed E-state index contributed by atoms with van der Waals surface area (Å²) in [6, 6.07) is 7.31. The van der Waals surface area contributed by atoms with Crippen LogP contribution in [-0.2, 0) is 9.53 Å². The molecular formula is C22H31N3O3. The highest BCUT2D eigenvalue weighted by Crippen LogP contribution is 2.44. The summed E-state index contributed by atoms with van der Waals surface area (Å²) < 4.78 is 5.71. The van der Waals surface area contributed by atoms with Gasteiger partial charge in [0.25, 0.3) is 5.91 Å². The largest absolute Gasteiger partial charge is 0.372 e. The average Bonchev–Trinajstić information content (AvgIpc) is 3.13. The number of nitrogens with one attached hydrogen (secondary N) is 2. The normalized spacial score (nSPS) is 32.6. The van der Waals surface area contributed by atoms with Gasteiger partial charge in [-0.25, -0.2) is 0 Å². The van der Waals surface area contributed by atoms with Gasteiger partial charge < -0.3 is 20.3 Å². The number of hydrogen-bond donors (Lipinski definition) is 2. The van der Waals surface area contributed by atoms with Crippen LogP contribution in [0.25, 0.3) is 0 Å². The zero-order valence-corrected chi connectivity index (χ0v) is 16.9. The van der Waals surface area contributed by atoms with Crippen LogP contribution in [0, 0.1) is 11.3 Å². The fourth-order valence-corrected chi connectivity index (χ4v) is 5.17. The summed E-state index contributed by atoms with van der Waals surface area (Å²) in [6.45, 7) is 6.91. The van der Waals surface area contributed by atoms with Gasteiger partial charge in [0, 0.05) is 30.9 Å². The molecule has 6 nitrogen and oxygen atoms in total. The topological polar surface area (TPSA) is 70.7 Å². The van der Waals surface area contributed by atoms with Crippen LogP contribution in [-0.4, -0.2) is 55.1 Å². The number of morpholine rings is 1. The van der Waals surface area contributed by atoms with E-state index >= 15 is 0 Å². The van der Waals surface area contributed by atoms with Gasteiger partial charge in [-0.05, 0) is 63.4 Å². The molecule has 3 fully saturated rings. The number of carbonyl (C=O) groups is 2. The lowest BCUT2D eigenvalue weighted by molar-refractivity contribution is -0.128. The van der Waals surface area contributed by atoms with Crippen LogP contribution in [0.15, 0.2) is 24.3 Å². The predicted octanol–water partition coefficient (Wildman–Crippen LogP) is 2.65. The van der Waals surface area contributed by atoms with E-state index in [1.807, 2.05) is 43.0 Å². The molecule has 2 unspecified atom stereocenters. The maximum atomic E-state index is 13.1. The van der Waals surface area contributed by atoms with E-state index in [9.17, 15) is 9.59 Å². The minimum absolute atomic E-state index is 0.0193. The van der Waals surface area contributed by atoms with Crippen LogP contribution >= 0.6 is 0 Å². The lowest BCUT2D eigenvalue weighted by Crippen LogP contribution is -2.48. The second kappa shape index (κ2) is 7.84. The van der Waals surface area contributed by atoms with Crippen LogP contribution in [0.5, 0.6) is 0 Å². The standard InChI is InChI=1S/C22H31N3O3/c1-15-12-25(13-16(2)28-15)20(26)17-6-8-19(9-7-17)24-21(27)22-10-4-3-5-18(22)11-23-14-22/h6-9,15-16,18,23H,3-5,10-14H2,1-2H3,(H,24,27)/t15?,16?,18-,22+/m0/s1. The van der Waals surface area contributed by atoms with Crippen molar-refractivity contribution in [1.29, 1.82) is 0 Å². The Labute approximate surface area is 167 Å². The van der Waals surface area contributed by atoms with Crippen LogP contribution in [0.2, 0.25) is 0 Å². The molecular weight excluding hydrogens is 354 g/mol. The summed E-state index contributed by atoms with van der Waals surface area (Å²) in [6.07, 6.45) is 4.53. The maximum Gasteiger partial charge on any atom is 0.254 e. The molecule has 6 heteroatoms. The van der Waals surface area contributed by atoms with Gasteiger partial charge in [-0.1, -0.05) is 12.8 Å². The Kier molecular flexibility index (Phi) is 5.43. The molecule has 152 valence electrons. The molecule has 2 heterocycles. The van der Waals surface area contributed by atoms with Crippen molar-refractivity contribution in [2.24, 2.45) is 11.3 Å². The van der Waals surface area contributed by atoms with Gasteiger partial charge in [0.2, 0.25) is 5.91 Å². The molecule has 4 rings (SSSR count). The highest BCUT2D eigenvalue weighted by Gasteiger charge is 2.49. The fraction of sp³-hybridized carbons (Fsp3) is 0.636. The monoisotopic (exact) mass is 385 g/mol. The van der Waals surface area contributed by atoms with Crippen molar-refractivity contribution in [2.45, 2.75) is 51.7 Å². The molecule has 2 saturated heterocycles. The first-order valence-electron chi connectivity index (χ1n) is 10.5. The van der Waals surface area contributed by atoms with E-state index in [0.717, 1.165) is 38.0 Å². The Balaban J connectivity index is 1.42. The molecule has 2 aliphatic heterocycles. The minimum Gasteiger partial charge on any atom is -0.372 e. The van der Waals surface area contributed by atoms with Gasteiger partial charge in [0.05, 0.1) is 17.6 Å². The average molecular weight is 386 g/mol. The number of hydrogen-bond acceptors (Lipinski definition) is 4. The van der Waals surface area contributed by atoms with Crippen LogP contribution < -0.4 is 10.6 Å². The number of amides is 2. The van der Waals surface area contributed by atoms with E-state index < -0.39 is 0 Å². The Morgan fingerprint density at radius 2 is 1.86 bits per heavy atom. The highest BCUT2D eigenvalue weighted by molar-refractivity contribution is 5.98. The third-order valence-electron chi connectivity index (χ3n) is 6.59. The second-order valence-electron chi connectivity index (χ2n) is 8.73. The molecule has 0 aromatic heterocycles. The zero-order valence-electron chi connectivity index (χ0n) is 16.9. The number of anilines is 1. The highest BCUT2D eigenvalue weighted by atomic mass is 16.5. The van der Waals surface area contributed by atoms with Crippen molar-refractivity contribution in [1.82, 2.24) is 10.2 Å². The Hall–Kier alpha value is -1.92. The lowest BCUT2D eigenvalue weighted by Gasteiger charge is -2.37. The van der Waals surface area contributed by atoms with Crippen molar-refractivity contribution in [2.75, 3.05) is 31.5 Å². The van der Waals surface area contributed by atoms with Crippen LogP contribution in [0.3, 0.4) is 0 Å². The molecule has 2 N–H and O–H groups in total. The second-order valence-corrected chi connectivity index (χ2v) is 8.73. The Bertz CT molecular complexity index is 725. The summed E-state index contributed by atoms with van der Waals surface area (Å²) in [7, 11) is 0. The molecule has 1 saturated carbocycles. The first-order chi connectivity index (χ1) is 13.5. The van der Waals surface area contributed by atoms with E-state index in [1.54, 1.807) is 0 Å². The van der Waals surface area contributed by atoms with E-state index in [-0.39, 0.29) is 29.4 Å². The molecule has 1 aliphatic carbocycles. The molecule has 1 aromatic rings. The molecule has 0 spiro atoms. The number of rotatable bonds is 3. The van der Waals surface area contributed by atoms with Crippen molar-refractivity contribution >= 4 is 17.5 Å². The van der Waals surface area contributed by atoms with E-state index in [0.29, 0.717) is 24.6 Å². The van der Waals surface area contributed by atoms with Gasteiger partial charge in [0.1, 0.15) is 0 Å². The van der Waals surface area contributed by atoms with E-state index in [4.69, 9.17) is 4.74 Å².